The molecule has 2 aliphatic heterocycles. The number of piperidine rings is 1. The normalized spacial score (nSPS) is 18.1. The Hall–Kier alpha value is -3.33. The van der Waals surface area contributed by atoms with Crippen LogP contribution in [0.4, 0.5) is 11.5 Å². The van der Waals surface area contributed by atoms with Crippen LogP contribution >= 0.6 is 0 Å². The summed E-state index contributed by atoms with van der Waals surface area (Å²) < 4.78 is 5.52. The predicted molar refractivity (Wildman–Crippen MR) is 141 cm³/mol. The standard InChI is InChI=1S/C28H33N5O3/c34-19-21-3-1-5-23(15-21)28-31-25(17-26(32-28)33-11-13-36-14-12-33)22-6-8-24(9-7-22)30-27(35)16-20-4-2-10-29-18-20/h1,3,5-9,15,17,20,29,34H,2,4,10-14,16,18-19H2,(H,30,35). The number of aliphatic hydroxyl groups excluding tert-OH is 1. The molecule has 0 bridgehead atoms. The van der Waals surface area contributed by atoms with Crippen molar-refractivity contribution in [3.8, 4) is 22.6 Å². The molecule has 3 N–H and O–H groups in total. The molecule has 8 heteroatoms. The molecule has 3 aromatic rings. The minimum atomic E-state index is -0.0334. The molecule has 1 amide bonds. The number of hydrogen-bond donors (Lipinski definition) is 3. The van der Waals surface area contributed by atoms with Crippen LogP contribution in [0, 0.1) is 5.92 Å². The SMILES string of the molecule is O=C(CC1CCCNC1)Nc1ccc(-c2cc(N3CCOCC3)nc(-c3cccc(CO)c3)n2)cc1. The number of hydrogen-bond acceptors (Lipinski definition) is 7. The first-order valence-corrected chi connectivity index (χ1v) is 12.7. The average Bonchev–Trinajstić information content (AvgIpc) is 2.94. The van der Waals surface area contributed by atoms with Gasteiger partial charge in [0.2, 0.25) is 5.91 Å². The third-order valence-electron chi connectivity index (χ3n) is 6.75. The number of carbonyl (C=O) groups is 1. The number of amides is 1. The fourth-order valence-electron chi connectivity index (χ4n) is 4.77. The second kappa shape index (κ2) is 11.6. The molecule has 5 rings (SSSR count). The van der Waals surface area contributed by atoms with Crippen molar-refractivity contribution in [3.63, 3.8) is 0 Å². The summed E-state index contributed by atoms with van der Waals surface area (Å²) >= 11 is 0. The van der Waals surface area contributed by atoms with Gasteiger partial charge >= 0.3 is 0 Å². The van der Waals surface area contributed by atoms with Gasteiger partial charge in [-0.15, -0.1) is 0 Å². The van der Waals surface area contributed by atoms with E-state index in [9.17, 15) is 9.90 Å². The van der Waals surface area contributed by atoms with Crippen molar-refractivity contribution in [2.45, 2.75) is 25.9 Å². The summed E-state index contributed by atoms with van der Waals surface area (Å²) in [5.74, 6) is 1.92. The number of carbonyl (C=O) groups excluding carboxylic acids is 1. The van der Waals surface area contributed by atoms with Crippen LogP contribution in [0.2, 0.25) is 0 Å². The van der Waals surface area contributed by atoms with Crippen molar-refractivity contribution in [1.82, 2.24) is 15.3 Å². The highest BCUT2D eigenvalue weighted by molar-refractivity contribution is 5.91. The van der Waals surface area contributed by atoms with Gasteiger partial charge in [-0.3, -0.25) is 4.79 Å². The van der Waals surface area contributed by atoms with Crippen LogP contribution in [-0.4, -0.2) is 60.4 Å². The quantitative estimate of drug-likeness (QED) is 0.469. The molecule has 0 aliphatic carbocycles. The second-order valence-corrected chi connectivity index (χ2v) is 9.43. The molecular weight excluding hydrogens is 454 g/mol. The fourth-order valence-corrected chi connectivity index (χ4v) is 4.77. The number of nitrogens with one attached hydrogen (secondary N) is 2. The topological polar surface area (TPSA) is 99.6 Å². The molecular formula is C28H33N5O3. The van der Waals surface area contributed by atoms with E-state index in [2.05, 4.69) is 15.5 Å². The number of benzene rings is 2. The van der Waals surface area contributed by atoms with Gasteiger partial charge in [-0.1, -0.05) is 30.3 Å². The molecule has 1 aromatic heterocycles. The fraction of sp³-hybridized carbons (Fsp3) is 0.393. The van der Waals surface area contributed by atoms with Gasteiger partial charge in [0.1, 0.15) is 5.82 Å². The largest absolute Gasteiger partial charge is 0.392 e. The lowest BCUT2D eigenvalue weighted by Crippen LogP contribution is -2.36. The molecule has 2 aliphatic rings. The number of ether oxygens (including phenoxy) is 1. The van der Waals surface area contributed by atoms with Gasteiger partial charge in [0.25, 0.3) is 0 Å². The minimum absolute atomic E-state index is 0.0334. The van der Waals surface area contributed by atoms with E-state index >= 15 is 0 Å². The molecule has 36 heavy (non-hydrogen) atoms. The van der Waals surface area contributed by atoms with E-state index in [1.807, 2.05) is 54.6 Å². The lowest BCUT2D eigenvalue weighted by Gasteiger charge is -2.28. The van der Waals surface area contributed by atoms with Crippen LogP contribution in [0.3, 0.4) is 0 Å². The first-order chi connectivity index (χ1) is 17.7. The molecule has 1 atom stereocenters. The van der Waals surface area contributed by atoms with Gasteiger partial charge < -0.3 is 25.4 Å². The molecule has 8 nitrogen and oxygen atoms in total. The van der Waals surface area contributed by atoms with Crippen molar-refractivity contribution in [3.05, 3.63) is 60.2 Å². The van der Waals surface area contributed by atoms with E-state index in [0.29, 0.717) is 31.4 Å². The van der Waals surface area contributed by atoms with Gasteiger partial charge in [0.15, 0.2) is 5.82 Å². The van der Waals surface area contributed by atoms with E-state index in [1.165, 1.54) is 0 Å². The summed E-state index contributed by atoms with van der Waals surface area (Å²) in [4.78, 5) is 24.5. The average molecular weight is 488 g/mol. The maximum atomic E-state index is 12.5. The van der Waals surface area contributed by atoms with Crippen LogP contribution in [0.5, 0.6) is 0 Å². The van der Waals surface area contributed by atoms with Crippen LogP contribution in [0.15, 0.2) is 54.6 Å². The molecule has 188 valence electrons. The number of aromatic nitrogens is 2. The number of rotatable bonds is 7. The van der Waals surface area contributed by atoms with Crippen molar-refractivity contribution < 1.29 is 14.6 Å². The number of aliphatic hydroxyl groups is 1. The summed E-state index contributed by atoms with van der Waals surface area (Å²) in [5, 5.41) is 16.0. The van der Waals surface area contributed by atoms with Crippen molar-refractivity contribution >= 4 is 17.4 Å². The predicted octanol–water partition coefficient (Wildman–Crippen LogP) is 3.47. The van der Waals surface area contributed by atoms with Crippen LogP contribution in [0.25, 0.3) is 22.6 Å². The third-order valence-corrected chi connectivity index (χ3v) is 6.75. The first-order valence-electron chi connectivity index (χ1n) is 12.7. The summed E-state index contributed by atoms with van der Waals surface area (Å²) in [6, 6.07) is 17.5. The number of morpholine rings is 1. The zero-order valence-electron chi connectivity index (χ0n) is 20.4. The highest BCUT2D eigenvalue weighted by Gasteiger charge is 2.18. The van der Waals surface area contributed by atoms with Crippen LogP contribution in [0.1, 0.15) is 24.8 Å². The maximum absolute atomic E-state index is 12.5. The van der Waals surface area contributed by atoms with Crippen molar-refractivity contribution in [2.24, 2.45) is 5.92 Å². The second-order valence-electron chi connectivity index (χ2n) is 9.43. The lowest BCUT2D eigenvalue weighted by atomic mass is 9.96. The Kier molecular flexibility index (Phi) is 7.85. The van der Waals surface area contributed by atoms with Crippen LogP contribution < -0.4 is 15.5 Å². The summed E-state index contributed by atoms with van der Waals surface area (Å²) in [7, 11) is 0. The lowest BCUT2D eigenvalue weighted by molar-refractivity contribution is -0.117. The highest BCUT2D eigenvalue weighted by atomic mass is 16.5. The van der Waals surface area contributed by atoms with E-state index < -0.39 is 0 Å². The minimum Gasteiger partial charge on any atom is -0.392 e. The van der Waals surface area contributed by atoms with Gasteiger partial charge in [-0.2, -0.15) is 0 Å². The Morgan fingerprint density at radius 2 is 1.92 bits per heavy atom. The van der Waals surface area contributed by atoms with E-state index in [1.54, 1.807) is 0 Å². The smallest absolute Gasteiger partial charge is 0.224 e. The Labute approximate surface area is 211 Å². The van der Waals surface area contributed by atoms with Crippen LogP contribution in [-0.2, 0) is 16.1 Å². The summed E-state index contributed by atoms with van der Waals surface area (Å²) in [5.41, 5.74) is 4.21. The Morgan fingerprint density at radius 3 is 2.67 bits per heavy atom. The van der Waals surface area contributed by atoms with Gasteiger partial charge in [0, 0.05) is 42.4 Å². The van der Waals surface area contributed by atoms with Gasteiger partial charge in [-0.05, 0) is 55.6 Å². The van der Waals surface area contributed by atoms with E-state index in [4.69, 9.17) is 14.7 Å². The Balaban J connectivity index is 1.38. The summed E-state index contributed by atoms with van der Waals surface area (Å²) in [6.07, 6.45) is 2.77. The zero-order valence-corrected chi connectivity index (χ0v) is 20.4. The van der Waals surface area contributed by atoms with Gasteiger partial charge in [0.05, 0.1) is 25.5 Å². The highest BCUT2D eigenvalue weighted by Crippen LogP contribution is 2.28. The molecule has 1 unspecified atom stereocenters. The van der Waals surface area contributed by atoms with Crippen molar-refractivity contribution in [2.75, 3.05) is 49.6 Å². The molecule has 2 saturated heterocycles. The molecule has 0 saturated carbocycles. The molecule has 3 heterocycles. The van der Waals surface area contributed by atoms with E-state index in [-0.39, 0.29) is 12.5 Å². The van der Waals surface area contributed by atoms with E-state index in [0.717, 1.165) is 72.9 Å². The third kappa shape index (κ3) is 6.07. The maximum Gasteiger partial charge on any atom is 0.224 e. The summed E-state index contributed by atoms with van der Waals surface area (Å²) in [6.45, 7) is 4.80. The zero-order chi connectivity index (χ0) is 24.7. The number of anilines is 2. The molecule has 2 aromatic carbocycles. The number of nitrogens with zero attached hydrogens (tertiary/aromatic N) is 3. The molecule has 0 radical (unpaired) electrons. The van der Waals surface area contributed by atoms with Gasteiger partial charge in [-0.25, -0.2) is 9.97 Å². The van der Waals surface area contributed by atoms with Crippen molar-refractivity contribution in [1.29, 1.82) is 0 Å². The molecule has 0 spiro atoms. The Morgan fingerprint density at radius 1 is 1.08 bits per heavy atom. The monoisotopic (exact) mass is 487 g/mol. The first kappa shape index (κ1) is 24.4. The Bertz CT molecular complexity index is 1170. The molecule has 2 fully saturated rings.